The van der Waals surface area contributed by atoms with Crippen molar-refractivity contribution in [1.82, 2.24) is 9.97 Å². The highest BCUT2D eigenvalue weighted by Gasteiger charge is 2.03. The van der Waals surface area contributed by atoms with Crippen LogP contribution in [0.4, 0.5) is 5.95 Å². The third kappa shape index (κ3) is 3.05. The summed E-state index contributed by atoms with van der Waals surface area (Å²) in [7, 11) is 0. The number of aromatic nitrogens is 2. The lowest BCUT2D eigenvalue weighted by Gasteiger charge is -2.07. The van der Waals surface area contributed by atoms with Crippen LogP contribution in [0.15, 0.2) is 30.3 Å². The molecule has 0 aliphatic rings. The van der Waals surface area contributed by atoms with Crippen molar-refractivity contribution in [3.05, 3.63) is 41.0 Å². The van der Waals surface area contributed by atoms with Crippen molar-refractivity contribution < 1.29 is 4.74 Å². The van der Waals surface area contributed by atoms with E-state index in [0.717, 1.165) is 5.69 Å². The minimum Gasteiger partial charge on any atom is -0.439 e. The number of nitrogens with two attached hydrogens (primary N) is 1. The number of aryl methyl sites for hydroxylation is 1. The Labute approximate surface area is 104 Å². The number of nitrogens with zero attached hydrogens (tertiary/aromatic N) is 2. The predicted molar refractivity (Wildman–Crippen MR) is 66.1 cm³/mol. The van der Waals surface area contributed by atoms with Gasteiger partial charge in [-0.1, -0.05) is 17.7 Å². The summed E-state index contributed by atoms with van der Waals surface area (Å²) in [6.07, 6.45) is 0. The predicted octanol–water partition coefficient (Wildman–Crippen LogP) is 2.52. The van der Waals surface area contributed by atoms with E-state index in [-0.39, 0.29) is 0 Å². The van der Waals surface area contributed by atoms with Crippen LogP contribution in [0.3, 0.4) is 0 Å². The highest BCUT2D eigenvalue weighted by molar-refractivity contribution is 6.30. The molecule has 17 heavy (non-hydrogen) atoms. The molecule has 0 spiro atoms. The molecule has 1 aromatic heterocycles. The molecule has 2 rings (SSSR count). The van der Waals surface area contributed by atoms with Gasteiger partial charge in [-0.3, -0.25) is 5.43 Å². The molecule has 0 aliphatic heterocycles. The molecule has 0 saturated heterocycles. The Hall–Kier alpha value is -1.85. The van der Waals surface area contributed by atoms with Crippen molar-refractivity contribution in [1.29, 1.82) is 0 Å². The highest BCUT2D eigenvalue weighted by Crippen LogP contribution is 2.23. The van der Waals surface area contributed by atoms with Gasteiger partial charge in [0.15, 0.2) is 0 Å². The van der Waals surface area contributed by atoms with Gasteiger partial charge < -0.3 is 4.74 Å². The molecule has 0 aliphatic carbocycles. The maximum absolute atomic E-state index is 5.86. The topological polar surface area (TPSA) is 73.1 Å². The molecule has 3 N–H and O–H groups in total. The van der Waals surface area contributed by atoms with Crippen molar-refractivity contribution in [3.63, 3.8) is 0 Å². The normalized spacial score (nSPS) is 10.1. The van der Waals surface area contributed by atoms with Crippen LogP contribution in [-0.2, 0) is 0 Å². The first-order valence-electron chi connectivity index (χ1n) is 4.93. The zero-order valence-corrected chi connectivity index (χ0v) is 9.90. The molecule has 2 aromatic rings. The minimum atomic E-state index is 0.307. The number of hydrogen-bond acceptors (Lipinski definition) is 5. The molecule has 0 amide bonds. The molecule has 1 heterocycles. The van der Waals surface area contributed by atoms with Crippen molar-refractivity contribution >= 4 is 17.5 Å². The number of nitrogens with one attached hydrogen (secondary N) is 1. The van der Waals surface area contributed by atoms with Gasteiger partial charge in [0.25, 0.3) is 0 Å². The van der Waals surface area contributed by atoms with Crippen LogP contribution in [0.2, 0.25) is 5.02 Å². The lowest BCUT2D eigenvalue weighted by Crippen LogP contribution is -2.11. The van der Waals surface area contributed by atoms with E-state index in [9.17, 15) is 0 Å². The fourth-order valence-electron chi connectivity index (χ4n) is 1.31. The van der Waals surface area contributed by atoms with Crippen molar-refractivity contribution in [3.8, 4) is 11.6 Å². The van der Waals surface area contributed by atoms with E-state index in [4.69, 9.17) is 22.2 Å². The van der Waals surface area contributed by atoms with Crippen LogP contribution in [0.1, 0.15) is 5.69 Å². The van der Waals surface area contributed by atoms with Crippen LogP contribution in [0, 0.1) is 6.92 Å². The molecule has 0 fully saturated rings. The summed E-state index contributed by atoms with van der Waals surface area (Å²) in [6, 6.07) is 8.77. The SMILES string of the molecule is Cc1cc(Oc2cccc(Cl)c2)nc(NN)n1. The molecule has 0 atom stereocenters. The average Bonchev–Trinajstić information content (AvgIpc) is 2.28. The molecule has 88 valence electrons. The molecule has 6 heteroatoms. The van der Waals surface area contributed by atoms with Gasteiger partial charge in [0, 0.05) is 16.8 Å². The first-order valence-corrected chi connectivity index (χ1v) is 5.31. The molecular weight excluding hydrogens is 240 g/mol. The van der Waals surface area contributed by atoms with Crippen LogP contribution in [0.25, 0.3) is 0 Å². The molecule has 0 radical (unpaired) electrons. The largest absolute Gasteiger partial charge is 0.439 e. The van der Waals surface area contributed by atoms with Gasteiger partial charge in [-0.2, -0.15) is 4.98 Å². The van der Waals surface area contributed by atoms with E-state index in [1.807, 2.05) is 6.92 Å². The number of nitrogen functional groups attached to an aromatic ring is 1. The van der Waals surface area contributed by atoms with Crippen molar-refractivity contribution in [2.45, 2.75) is 6.92 Å². The Balaban J connectivity index is 2.26. The quantitative estimate of drug-likeness (QED) is 0.647. The standard InChI is InChI=1S/C11H11ClN4O/c1-7-5-10(15-11(14-7)16-13)17-9-4-2-3-8(12)6-9/h2-6H,13H2,1H3,(H,14,15,16). The summed E-state index contributed by atoms with van der Waals surface area (Å²) < 4.78 is 5.55. The number of hydrazine groups is 1. The number of ether oxygens (including phenoxy) is 1. The number of rotatable bonds is 3. The van der Waals surface area contributed by atoms with Crippen LogP contribution in [0.5, 0.6) is 11.6 Å². The van der Waals surface area contributed by atoms with Gasteiger partial charge in [-0.25, -0.2) is 10.8 Å². The Morgan fingerprint density at radius 2 is 2.12 bits per heavy atom. The summed E-state index contributed by atoms with van der Waals surface area (Å²) in [4.78, 5) is 8.12. The Morgan fingerprint density at radius 1 is 1.29 bits per heavy atom. The van der Waals surface area contributed by atoms with Crippen molar-refractivity contribution in [2.75, 3.05) is 5.43 Å². The zero-order chi connectivity index (χ0) is 12.3. The van der Waals surface area contributed by atoms with Gasteiger partial charge >= 0.3 is 0 Å². The second-order valence-electron chi connectivity index (χ2n) is 3.37. The minimum absolute atomic E-state index is 0.307. The van der Waals surface area contributed by atoms with Crippen LogP contribution in [-0.4, -0.2) is 9.97 Å². The highest BCUT2D eigenvalue weighted by atomic mass is 35.5. The Bertz CT molecular complexity index is 533. The van der Waals surface area contributed by atoms with Crippen molar-refractivity contribution in [2.24, 2.45) is 5.84 Å². The fourth-order valence-corrected chi connectivity index (χ4v) is 1.49. The second-order valence-corrected chi connectivity index (χ2v) is 3.81. The maximum Gasteiger partial charge on any atom is 0.240 e. The first-order chi connectivity index (χ1) is 8.17. The van der Waals surface area contributed by atoms with Crippen LogP contribution >= 0.6 is 11.6 Å². The summed E-state index contributed by atoms with van der Waals surface area (Å²) in [5.41, 5.74) is 3.13. The molecule has 0 unspecified atom stereocenters. The Morgan fingerprint density at radius 3 is 2.82 bits per heavy atom. The third-order valence-corrected chi connectivity index (χ3v) is 2.21. The second kappa shape index (κ2) is 4.99. The van der Waals surface area contributed by atoms with E-state index in [1.54, 1.807) is 30.3 Å². The van der Waals surface area contributed by atoms with Gasteiger partial charge in [-0.15, -0.1) is 0 Å². The summed E-state index contributed by atoms with van der Waals surface area (Å²) in [6.45, 7) is 1.83. The van der Waals surface area contributed by atoms with Gasteiger partial charge in [0.1, 0.15) is 5.75 Å². The van der Waals surface area contributed by atoms with Gasteiger partial charge in [0.05, 0.1) is 0 Å². The lowest BCUT2D eigenvalue weighted by atomic mass is 10.3. The monoisotopic (exact) mass is 250 g/mol. The fraction of sp³-hybridized carbons (Fsp3) is 0.0909. The van der Waals surface area contributed by atoms with E-state index in [1.165, 1.54) is 0 Å². The van der Waals surface area contributed by atoms with Gasteiger partial charge in [-0.05, 0) is 25.1 Å². The third-order valence-electron chi connectivity index (χ3n) is 1.98. The van der Waals surface area contributed by atoms with E-state index in [2.05, 4.69) is 15.4 Å². The smallest absolute Gasteiger partial charge is 0.240 e. The number of benzene rings is 1. The van der Waals surface area contributed by atoms with E-state index < -0.39 is 0 Å². The molecule has 0 bridgehead atoms. The van der Waals surface area contributed by atoms with Gasteiger partial charge in [0.2, 0.25) is 11.8 Å². The molecular formula is C11H11ClN4O. The molecule has 5 nitrogen and oxygen atoms in total. The summed E-state index contributed by atoms with van der Waals surface area (Å²) >= 11 is 5.86. The number of halogens is 1. The first kappa shape index (κ1) is 11.6. The molecule has 1 aromatic carbocycles. The Kier molecular flexibility index (Phi) is 3.41. The number of anilines is 1. The van der Waals surface area contributed by atoms with Crippen LogP contribution < -0.4 is 16.0 Å². The lowest BCUT2D eigenvalue weighted by molar-refractivity contribution is 0.461. The average molecular weight is 251 g/mol. The maximum atomic E-state index is 5.86. The molecule has 0 saturated carbocycles. The summed E-state index contributed by atoms with van der Waals surface area (Å²) in [5.74, 6) is 6.58. The zero-order valence-electron chi connectivity index (χ0n) is 9.14. The number of hydrogen-bond donors (Lipinski definition) is 2. The summed E-state index contributed by atoms with van der Waals surface area (Å²) in [5, 5.41) is 0.602. The van der Waals surface area contributed by atoms with E-state index >= 15 is 0 Å². The van der Waals surface area contributed by atoms with E-state index in [0.29, 0.717) is 22.6 Å².